The second-order valence-electron chi connectivity index (χ2n) is 5.17. The van der Waals surface area contributed by atoms with Crippen LogP contribution in [0.1, 0.15) is 50.2 Å². The summed E-state index contributed by atoms with van der Waals surface area (Å²) >= 11 is 6.17. The van der Waals surface area contributed by atoms with Crippen molar-refractivity contribution >= 4 is 11.6 Å². The van der Waals surface area contributed by atoms with Gasteiger partial charge in [-0.05, 0) is 50.1 Å². The molecule has 0 saturated carbocycles. The quantitative estimate of drug-likeness (QED) is 0.830. The van der Waals surface area contributed by atoms with Crippen molar-refractivity contribution in [3.05, 3.63) is 52.3 Å². The highest BCUT2D eigenvalue weighted by Gasteiger charge is 2.19. The molecular weight excluding hydrogens is 282 g/mol. The average Bonchev–Trinajstić information content (AvgIpc) is 2.91. The molecule has 1 aromatic carbocycles. The first-order valence-corrected chi connectivity index (χ1v) is 8.12. The van der Waals surface area contributed by atoms with Crippen LogP contribution in [0, 0.1) is 0 Å². The minimum absolute atomic E-state index is 0.136. The van der Waals surface area contributed by atoms with E-state index in [2.05, 4.69) is 48.0 Å². The van der Waals surface area contributed by atoms with Gasteiger partial charge in [0.25, 0.3) is 0 Å². The highest BCUT2D eigenvalue weighted by Crippen LogP contribution is 2.25. The van der Waals surface area contributed by atoms with E-state index >= 15 is 0 Å². The van der Waals surface area contributed by atoms with Crippen LogP contribution in [0.2, 0.25) is 5.02 Å². The Hall–Kier alpha value is -1.32. The number of hydrogen-bond acceptors (Lipinski definition) is 2. The summed E-state index contributed by atoms with van der Waals surface area (Å²) in [4.78, 5) is 0. The zero-order chi connectivity index (χ0) is 15.2. The van der Waals surface area contributed by atoms with E-state index in [1.54, 1.807) is 0 Å². The van der Waals surface area contributed by atoms with Gasteiger partial charge >= 0.3 is 0 Å². The fraction of sp³-hybridized carbons (Fsp3) is 0.471. The molecular formula is C17H24ClN3. The van der Waals surface area contributed by atoms with Crippen LogP contribution in [-0.4, -0.2) is 16.3 Å². The van der Waals surface area contributed by atoms with Gasteiger partial charge in [-0.25, -0.2) is 0 Å². The molecule has 0 fully saturated rings. The lowest BCUT2D eigenvalue weighted by atomic mass is 10.0. The summed E-state index contributed by atoms with van der Waals surface area (Å²) < 4.78 is 2.09. The van der Waals surface area contributed by atoms with Gasteiger partial charge in [-0.15, -0.1) is 0 Å². The van der Waals surface area contributed by atoms with Crippen LogP contribution in [0.4, 0.5) is 0 Å². The fourth-order valence-corrected chi connectivity index (χ4v) is 2.71. The third-order valence-electron chi connectivity index (χ3n) is 3.60. The number of nitrogens with one attached hydrogen (secondary N) is 1. The van der Waals surface area contributed by atoms with E-state index in [-0.39, 0.29) is 6.04 Å². The largest absolute Gasteiger partial charge is 0.305 e. The van der Waals surface area contributed by atoms with Crippen molar-refractivity contribution in [2.45, 2.75) is 46.2 Å². The Bertz CT molecular complexity index is 577. The van der Waals surface area contributed by atoms with E-state index in [0.717, 1.165) is 36.6 Å². The molecule has 114 valence electrons. The molecule has 2 aromatic rings. The maximum atomic E-state index is 6.17. The smallest absolute Gasteiger partial charge is 0.0748 e. The zero-order valence-corrected chi connectivity index (χ0v) is 13.8. The van der Waals surface area contributed by atoms with Crippen molar-refractivity contribution in [1.82, 2.24) is 15.1 Å². The number of halogens is 1. The van der Waals surface area contributed by atoms with Crippen molar-refractivity contribution < 1.29 is 0 Å². The summed E-state index contributed by atoms with van der Waals surface area (Å²) in [6.07, 6.45) is 2.05. The Morgan fingerprint density at radius 1 is 1.24 bits per heavy atom. The molecule has 1 heterocycles. The van der Waals surface area contributed by atoms with Gasteiger partial charge in [0.05, 0.1) is 17.4 Å². The predicted octanol–water partition coefficient (Wildman–Crippen LogP) is 4.21. The molecule has 0 bridgehead atoms. The maximum Gasteiger partial charge on any atom is 0.0748 e. The zero-order valence-electron chi connectivity index (χ0n) is 13.1. The summed E-state index contributed by atoms with van der Waals surface area (Å²) in [6.45, 7) is 8.29. The molecule has 0 radical (unpaired) electrons. The monoisotopic (exact) mass is 305 g/mol. The minimum Gasteiger partial charge on any atom is -0.305 e. The second kappa shape index (κ2) is 7.62. The number of rotatable bonds is 7. The van der Waals surface area contributed by atoms with E-state index in [0.29, 0.717) is 0 Å². The van der Waals surface area contributed by atoms with E-state index in [4.69, 9.17) is 11.6 Å². The molecule has 0 aliphatic heterocycles. The lowest BCUT2D eigenvalue weighted by Crippen LogP contribution is -2.25. The number of aryl methyl sites for hydroxylation is 2. The standard InChI is InChI=1S/C17H24ClN3/c1-4-10-19-17(13-8-7-9-14(18)11-13)16-12-15(5-2)20-21(16)6-3/h7-9,11-12,17,19H,4-6,10H2,1-3H3. The molecule has 1 atom stereocenters. The molecule has 1 N–H and O–H groups in total. The Labute approximate surface area is 132 Å². The average molecular weight is 306 g/mol. The van der Waals surface area contributed by atoms with Crippen LogP contribution >= 0.6 is 11.6 Å². The molecule has 0 aliphatic carbocycles. The van der Waals surface area contributed by atoms with Gasteiger partial charge in [-0.3, -0.25) is 4.68 Å². The maximum absolute atomic E-state index is 6.17. The van der Waals surface area contributed by atoms with Crippen molar-refractivity contribution in [3.63, 3.8) is 0 Å². The van der Waals surface area contributed by atoms with Crippen LogP contribution in [0.15, 0.2) is 30.3 Å². The third kappa shape index (κ3) is 3.86. The Morgan fingerprint density at radius 3 is 2.67 bits per heavy atom. The minimum atomic E-state index is 0.136. The molecule has 0 amide bonds. The second-order valence-corrected chi connectivity index (χ2v) is 5.61. The summed E-state index contributed by atoms with van der Waals surface area (Å²) in [5.41, 5.74) is 3.54. The highest BCUT2D eigenvalue weighted by atomic mass is 35.5. The normalized spacial score (nSPS) is 12.6. The van der Waals surface area contributed by atoms with Crippen LogP contribution in [0.3, 0.4) is 0 Å². The third-order valence-corrected chi connectivity index (χ3v) is 3.83. The first kappa shape index (κ1) is 16.1. The topological polar surface area (TPSA) is 29.9 Å². The number of hydrogen-bond donors (Lipinski definition) is 1. The Morgan fingerprint density at radius 2 is 2.05 bits per heavy atom. The summed E-state index contributed by atoms with van der Waals surface area (Å²) in [5.74, 6) is 0. The number of aromatic nitrogens is 2. The molecule has 1 aromatic heterocycles. The first-order valence-electron chi connectivity index (χ1n) is 7.75. The predicted molar refractivity (Wildman–Crippen MR) is 88.9 cm³/mol. The van der Waals surface area contributed by atoms with Crippen molar-refractivity contribution in [3.8, 4) is 0 Å². The Kier molecular flexibility index (Phi) is 5.83. The summed E-state index contributed by atoms with van der Waals surface area (Å²) in [7, 11) is 0. The molecule has 4 heteroatoms. The van der Waals surface area contributed by atoms with Crippen LogP contribution in [-0.2, 0) is 13.0 Å². The van der Waals surface area contributed by atoms with Crippen molar-refractivity contribution in [1.29, 1.82) is 0 Å². The molecule has 21 heavy (non-hydrogen) atoms. The van der Waals surface area contributed by atoms with Crippen molar-refractivity contribution in [2.24, 2.45) is 0 Å². The van der Waals surface area contributed by atoms with Gasteiger partial charge in [-0.2, -0.15) is 5.10 Å². The fourth-order valence-electron chi connectivity index (χ4n) is 2.51. The SMILES string of the molecule is CCCNC(c1cccc(Cl)c1)c1cc(CC)nn1CC. The molecule has 0 saturated heterocycles. The highest BCUT2D eigenvalue weighted by molar-refractivity contribution is 6.30. The first-order chi connectivity index (χ1) is 10.2. The molecule has 0 spiro atoms. The van der Waals surface area contributed by atoms with Crippen LogP contribution < -0.4 is 5.32 Å². The molecule has 3 nitrogen and oxygen atoms in total. The number of nitrogens with zero attached hydrogens (tertiary/aromatic N) is 2. The lowest BCUT2D eigenvalue weighted by molar-refractivity contribution is 0.528. The van der Waals surface area contributed by atoms with Gasteiger partial charge in [-0.1, -0.05) is 37.6 Å². The Balaban J connectivity index is 2.42. The van der Waals surface area contributed by atoms with Gasteiger partial charge in [0.1, 0.15) is 0 Å². The van der Waals surface area contributed by atoms with Gasteiger partial charge < -0.3 is 5.32 Å². The lowest BCUT2D eigenvalue weighted by Gasteiger charge is -2.20. The number of benzene rings is 1. The van der Waals surface area contributed by atoms with E-state index in [1.165, 1.54) is 11.3 Å². The van der Waals surface area contributed by atoms with E-state index < -0.39 is 0 Å². The summed E-state index contributed by atoms with van der Waals surface area (Å²) in [5, 5.41) is 9.06. The van der Waals surface area contributed by atoms with Crippen LogP contribution in [0.25, 0.3) is 0 Å². The van der Waals surface area contributed by atoms with E-state index in [9.17, 15) is 0 Å². The summed E-state index contributed by atoms with van der Waals surface area (Å²) in [6, 6.07) is 10.4. The van der Waals surface area contributed by atoms with E-state index in [1.807, 2.05) is 18.2 Å². The molecule has 1 unspecified atom stereocenters. The van der Waals surface area contributed by atoms with Gasteiger partial charge in [0.15, 0.2) is 0 Å². The molecule has 0 aliphatic rings. The van der Waals surface area contributed by atoms with Crippen molar-refractivity contribution in [2.75, 3.05) is 6.54 Å². The molecule has 2 rings (SSSR count). The van der Waals surface area contributed by atoms with Crippen LogP contribution in [0.5, 0.6) is 0 Å². The van der Waals surface area contributed by atoms with Gasteiger partial charge in [0, 0.05) is 11.6 Å². The van der Waals surface area contributed by atoms with Gasteiger partial charge in [0.2, 0.25) is 0 Å².